The van der Waals surface area contributed by atoms with Crippen LogP contribution in [-0.2, 0) is 18.0 Å². The van der Waals surface area contributed by atoms with Crippen molar-refractivity contribution in [1.82, 2.24) is 0 Å². The Hall–Kier alpha value is -5.42. The van der Waals surface area contributed by atoms with Gasteiger partial charge in [-0.05, 0) is 71.3 Å². The number of hydrogen-bond acceptors (Lipinski definition) is 6. The van der Waals surface area contributed by atoms with E-state index in [1.54, 1.807) is 60.7 Å². The summed E-state index contributed by atoms with van der Waals surface area (Å²) in [4.78, 5) is 22.9. The van der Waals surface area contributed by atoms with Gasteiger partial charge in [-0.3, -0.25) is 14.9 Å². The Morgan fingerprint density at radius 2 is 1.37 bits per heavy atom. The van der Waals surface area contributed by atoms with Crippen LogP contribution in [0.4, 0.5) is 11.4 Å². The molecule has 0 aliphatic heterocycles. The molecule has 4 aromatic rings. The van der Waals surface area contributed by atoms with Gasteiger partial charge in [0.05, 0.1) is 4.92 Å². The highest BCUT2D eigenvalue weighted by Gasteiger charge is 2.10. The summed E-state index contributed by atoms with van der Waals surface area (Å²) in [6.45, 7) is 0.684. The number of nitrogens with one attached hydrogen (secondary N) is 1. The summed E-state index contributed by atoms with van der Waals surface area (Å²) in [7, 11) is 0. The average molecular weight is 506 g/mol. The predicted molar refractivity (Wildman–Crippen MR) is 143 cm³/mol. The van der Waals surface area contributed by atoms with Crippen LogP contribution in [0.3, 0.4) is 0 Å². The van der Waals surface area contributed by atoms with Crippen molar-refractivity contribution >= 4 is 23.4 Å². The fourth-order valence-corrected chi connectivity index (χ4v) is 3.43. The van der Waals surface area contributed by atoms with Crippen LogP contribution in [0.5, 0.6) is 11.5 Å². The highest BCUT2D eigenvalue weighted by molar-refractivity contribution is 6.09. The summed E-state index contributed by atoms with van der Waals surface area (Å²) in [5, 5.41) is 23.0. The second-order valence-corrected chi connectivity index (χ2v) is 8.20. The van der Waals surface area contributed by atoms with E-state index in [1.165, 1.54) is 18.2 Å². The standard InChI is InChI=1S/C30H23N3O5/c31-19-25(30(34)32-26-10-16-29(17-11-26)37-20-23-4-2-1-3-5-23)18-22-8-14-28(15-9-22)38-21-24-6-12-27(13-7-24)33(35)36/h1-18H,20-21H2,(H,32,34)/b25-18+. The van der Waals surface area contributed by atoms with Crippen molar-refractivity contribution in [3.63, 3.8) is 0 Å². The highest BCUT2D eigenvalue weighted by Crippen LogP contribution is 2.20. The number of nitro benzene ring substituents is 1. The third-order valence-electron chi connectivity index (χ3n) is 5.47. The van der Waals surface area contributed by atoms with E-state index in [-0.39, 0.29) is 17.9 Å². The van der Waals surface area contributed by atoms with E-state index < -0.39 is 10.8 Å². The molecular weight excluding hydrogens is 482 g/mol. The number of nitrogens with zero attached hydrogens (tertiary/aromatic N) is 2. The minimum Gasteiger partial charge on any atom is -0.489 e. The lowest BCUT2D eigenvalue weighted by atomic mass is 10.1. The molecule has 0 heterocycles. The first-order valence-electron chi connectivity index (χ1n) is 11.7. The van der Waals surface area contributed by atoms with Crippen molar-refractivity contribution < 1.29 is 19.2 Å². The molecular formula is C30H23N3O5. The van der Waals surface area contributed by atoms with Crippen LogP contribution in [0.1, 0.15) is 16.7 Å². The number of nitro groups is 1. The molecule has 8 heteroatoms. The Morgan fingerprint density at radius 3 is 1.92 bits per heavy atom. The zero-order valence-electron chi connectivity index (χ0n) is 20.2. The fourth-order valence-electron chi connectivity index (χ4n) is 3.43. The van der Waals surface area contributed by atoms with E-state index in [1.807, 2.05) is 36.4 Å². The van der Waals surface area contributed by atoms with E-state index in [9.17, 15) is 20.2 Å². The molecule has 0 fully saturated rings. The van der Waals surface area contributed by atoms with E-state index in [4.69, 9.17) is 9.47 Å². The molecule has 4 rings (SSSR count). The Balaban J connectivity index is 1.31. The zero-order chi connectivity index (χ0) is 26.7. The molecule has 0 bridgehead atoms. The summed E-state index contributed by atoms with van der Waals surface area (Å²) in [5.74, 6) is 0.723. The van der Waals surface area contributed by atoms with E-state index >= 15 is 0 Å². The molecule has 0 spiro atoms. The number of nitriles is 1. The van der Waals surface area contributed by atoms with Crippen molar-refractivity contribution in [2.45, 2.75) is 13.2 Å². The topological polar surface area (TPSA) is 114 Å². The van der Waals surface area contributed by atoms with Crippen LogP contribution in [-0.4, -0.2) is 10.8 Å². The third kappa shape index (κ3) is 7.29. The second-order valence-electron chi connectivity index (χ2n) is 8.20. The van der Waals surface area contributed by atoms with Gasteiger partial charge in [0.25, 0.3) is 11.6 Å². The summed E-state index contributed by atoms with van der Waals surface area (Å²) in [5.41, 5.74) is 3.01. The Morgan fingerprint density at radius 1 is 0.816 bits per heavy atom. The molecule has 0 saturated carbocycles. The van der Waals surface area contributed by atoms with Gasteiger partial charge in [0.15, 0.2) is 0 Å². The minimum absolute atomic E-state index is 0.0205. The van der Waals surface area contributed by atoms with Gasteiger partial charge in [-0.25, -0.2) is 0 Å². The number of anilines is 1. The van der Waals surface area contributed by atoms with Crippen LogP contribution in [0.25, 0.3) is 6.08 Å². The van der Waals surface area contributed by atoms with Gasteiger partial charge in [0.1, 0.15) is 36.4 Å². The maximum absolute atomic E-state index is 12.6. The molecule has 1 N–H and O–H groups in total. The smallest absolute Gasteiger partial charge is 0.269 e. The molecule has 0 aromatic heterocycles. The fraction of sp³-hybridized carbons (Fsp3) is 0.0667. The van der Waals surface area contributed by atoms with Gasteiger partial charge in [-0.2, -0.15) is 5.26 Å². The average Bonchev–Trinajstić information content (AvgIpc) is 2.95. The van der Waals surface area contributed by atoms with Crippen LogP contribution >= 0.6 is 0 Å². The van der Waals surface area contributed by atoms with Crippen molar-refractivity contribution in [3.8, 4) is 17.6 Å². The number of carbonyl (C=O) groups is 1. The van der Waals surface area contributed by atoms with Crippen molar-refractivity contribution in [2.75, 3.05) is 5.32 Å². The van der Waals surface area contributed by atoms with Crippen molar-refractivity contribution in [1.29, 1.82) is 5.26 Å². The van der Waals surface area contributed by atoms with Crippen LogP contribution in [0, 0.1) is 21.4 Å². The Kier molecular flexibility index (Phi) is 8.45. The van der Waals surface area contributed by atoms with Gasteiger partial charge >= 0.3 is 0 Å². The number of hydrogen-bond donors (Lipinski definition) is 1. The number of amides is 1. The van der Waals surface area contributed by atoms with Crippen molar-refractivity contribution in [2.24, 2.45) is 0 Å². The largest absolute Gasteiger partial charge is 0.489 e. The number of benzene rings is 4. The molecule has 0 aliphatic carbocycles. The quantitative estimate of drug-likeness (QED) is 0.117. The summed E-state index contributed by atoms with van der Waals surface area (Å²) in [6, 6.07) is 31.7. The Bertz CT molecular complexity index is 1460. The van der Waals surface area contributed by atoms with Crippen LogP contribution in [0.2, 0.25) is 0 Å². The van der Waals surface area contributed by atoms with E-state index in [0.717, 1.165) is 11.1 Å². The lowest BCUT2D eigenvalue weighted by Gasteiger charge is -2.08. The first-order chi connectivity index (χ1) is 18.5. The molecule has 0 radical (unpaired) electrons. The molecule has 4 aromatic carbocycles. The van der Waals surface area contributed by atoms with Gasteiger partial charge in [0, 0.05) is 17.8 Å². The number of ether oxygens (including phenoxy) is 2. The van der Waals surface area contributed by atoms with Gasteiger partial charge in [-0.1, -0.05) is 42.5 Å². The summed E-state index contributed by atoms with van der Waals surface area (Å²) >= 11 is 0. The minimum atomic E-state index is -0.524. The molecule has 1 amide bonds. The van der Waals surface area contributed by atoms with E-state index in [0.29, 0.717) is 29.4 Å². The van der Waals surface area contributed by atoms with Crippen LogP contribution in [0.15, 0.2) is 109 Å². The zero-order valence-corrected chi connectivity index (χ0v) is 20.2. The van der Waals surface area contributed by atoms with Gasteiger partial charge in [0.2, 0.25) is 0 Å². The molecule has 188 valence electrons. The predicted octanol–water partition coefficient (Wildman–Crippen LogP) is 6.30. The van der Waals surface area contributed by atoms with Gasteiger partial charge in [-0.15, -0.1) is 0 Å². The summed E-state index contributed by atoms with van der Waals surface area (Å²) in [6.07, 6.45) is 1.49. The third-order valence-corrected chi connectivity index (χ3v) is 5.47. The van der Waals surface area contributed by atoms with Crippen molar-refractivity contribution in [3.05, 3.63) is 136 Å². The number of carbonyl (C=O) groups excluding carboxylic acids is 1. The van der Waals surface area contributed by atoms with Gasteiger partial charge < -0.3 is 14.8 Å². The molecule has 0 saturated heterocycles. The number of rotatable bonds is 10. The normalized spacial score (nSPS) is 10.8. The maximum atomic E-state index is 12.6. The summed E-state index contributed by atoms with van der Waals surface area (Å²) < 4.78 is 11.5. The first kappa shape index (κ1) is 25.7. The molecule has 0 aliphatic rings. The molecule has 0 unspecified atom stereocenters. The number of non-ortho nitro benzene ring substituents is 1. The Labute approximate surface area is 219 Å². The molecule has 38 heavy (non-hydrogen) atoms. The lowest BCUT2D eigenvalue weighted by Crippen LogP contribution is -2.13. The maximum Gasteiger partial charge on any atom is 0.269 e. The lowest BCUT2D eigenvalue weighted by molar-refractivity contribution is -0.384. The molecule has 8 nitrogen and oxygen atoms in total. The monoisotopic (exact) mass is 505 g/mol. The molecule has 0 atom stereocenters. The second kappa shape index (κ2) is 12.5. The first-order valence-corrected chi connectivity index (χ1v) is 11.7. The van der Waals surface area contributed by atoms with Crippen LogP contribution < -0.4 is 14.8 Å². The SMILES string of the molecule is N#C/C(=C\c1ccc(OCc2ccc([N+](=O)[O-])cc2)cc1)C(=O)Nc1ccc(OCc2ccccc2)cc1. The highest BCUT2D eigenvalue weighted by atomic mass is 16.6. The van der Waals surface area contributed by atoms with E-state index in [2.05, 4.69) is 5.32 Å².